The van der Waals surface area contributed by atoms with Crippen LogP contribution in [0.1, 0.15) is 22.8 Å². The van der Waals surface area contributed by atoms with Gasteiger partial charge in [0.05, 0.1) is 7.11 Å². The molecule has 0 spiro atoms. The van der Waals surface area contributed by atoms with Gasteiger partial charge in [-0.15, -0.1) is 0 Å². The second-order valence-corrected chi connectivity index (χ2v) is 4.68. The van der Waals surface area contributed by atoms with Crippen LogP contribution in [-0.2, 0) is 9.53 Å². The highest BCUT2D eigenvalue weighted by molar-refractivity contribution is 6.05. The van der Waals surface area contributed by atoms with Crippen LogP contribution in [-0.4, -0.2) is 19.0 Å². The molecule has 0 fully saturated rings. The summed E-state index contributed by atoms with van der Waals surface area (Å²) in [5.74, 6) is -0.929. The van der Waals surface area contributed by atoms with E-state index in [1.807, 2.05) is 36.4 Å². The molecule has 0 aromatic heterocycles. The summed E-state index contributed by atoms with van der Waals surface area (Å²) in [4.78, 5) is 24.3. The van der Waals surface area contributed by atoms with Crippen molar-refractivity contribution in [2.75, 3.05) is 7.11 Å². The van der Waals surface area contributed by atoms with E-state index in [1.54, 1.807) is 31.2 Å². The predicted octanol–water partition coefficient (Wildman–Crippen LogP) is 3.02. The number of hydrogen-bond donors (Lipinski definition) is 1. The minimum atomic E-state index is -0.578. The highest BCUT2D eigenvalue weighted by Gasteiger charge is 2.18. The number of benzene rings is 2. The Labute approximate surface area is 129 Å². The Morgan fingerprint density at radius 3 is 1.86 bits per heavy atom. The van der Waals surface area contributed by atoms with Gasteiger partial charge in [0.25, 0.3) is 5.91 Å². The molecule has 0 saturated heterocycles. The van der Waals surface area contributed by atoms with Gasteiger partial charge >= 0.3 is 5.97 Å². The Morgan fingerprint density at radius 1 is 0.864 bits per heavy atom. The van der Waals surface area contributed by atoms with Crippen molar-refractivity contribution in [1.29, 1.82) is 0 Å². The zero-order valence-corrected chi connectivity index (χ0v) is 12.5. The highest BCUT2D eigenvalue weighted by atomic mass is 16.5. The maximum absolute atomic E-state index is 12.3. The summed E-state index contributed by atoms with van der Waals surface area (Å²) in [5, 5.41) is 2.65. The van der Waals surface area contributed by atoms with Gasteiger partial charge in [0.2, 0.25) is 0 Å². The molecule has 0 aliphatic carbocycles. The van der Waals surface area contributed by atoms with Crippen LogP contribution < -0.4 is 5.32 Å². The van der Waals surface area contributed by atoms with Gasteiger partial charge in [-0.1, -0.05) is 48.5 Å². The molecule has 112 valence electrons. The van der Waals surface area contributed by atoms with Crippen molar-refractivity contribution in [3.63, 3.8) is 0 Å². The van der Waals surface area contributed by atoms with Crippen molar-refractivity contribution in [2.45, 2.75) is 6.92 Å². The molecule has 2 rings (SSSR count). The fourth-order valence-corrected chi connectivity index (χ4v) is 2.01. The molecule has 0 radical (unpaired) electrons. The third kappa shape index (κ3) is 3.61. The number of hydrogen-bond acceptors (Lipinski definition) is 3. The third-order valence-electron chi connectivity index (χ3n) is 3.25. The minimum Gasteiger partial charge on any atom is -0.464 e. The van der Waals surface area contributed by atoms with E-state index in [0.717, 1.165) is 5.56 Å². The van der Waals surface area contributed by atoms with E-state index in [0.29, 0.717) is 11.1 Å². The number of allylic oxidation sites excluding steroid dienone is 1. The summed E-state index contributed by atoms with van der Waals surface area (Å²) >= 11 is 0. The number of rotatable bonds is 4. The van der Waals surface area contributed by atoms with Crippen molar-refractivity contribution >= 4 is 17.4 Å². The molecule has 0 aliphatic heterocycles. The maximum Gasteiger partial charge on any atom is 0.354 e. The molecular weight excluding hydrogens is 278 g/mol. The number of carbonyl (C=O) groups excluding carboxylic acids is 2. The van der Waals surface area contributed by atoms with Gasteiger partial charge in [-0.25, -0.2) is 4.79 Å². The third-order valence-corrected chi connectivity index (χ3v) is 3.25. The average molecular weight is 295 g/mol. The Bertz CT molecular complexity index is 691. The van der Waals surface area contributed by atoms with Crippen molar-refractivity contribution in [3.8, 4) is 0 Å². The van der Waals surface area contributed by atoms with Crippen molar-refractivity contribution in [2.24, 2.45) is 0 Å². The summed E-state index contributed by atoms with van der Waals surface area (Å²) in [5.41, 5.74) is 2.11. The van der Waals surface area contributed by atoms with Crippen molar-refractivity contribution in [3.05, 3.63) is 77.5 Å². The summed E-state index contributed by atoms with van der Waals surface area (Å²) in [6, 6.07) is 18.1. The average Bonchev–Trinajstić information content (AvgIpc) is 2.59. The summed E-state index contributed by atoms with van der Waals surface area (Å²) in [6.45, 7) is 1.77. The maximum atomic E-state index is 12.3. The lowest BCUT2D eigenvalue weighted by atomic mass is 10.1. The van der Waals surface area contributed by atoms with Gasteiger partial charge in [0.15, 0.2) is 0 Å². The summed E-state index contributed by atoms with van der Waals surface area (Å²) < 4.78 is 4.78. The van der Waals surface area contributed by atoms with Crippen LogP contribution in [0, 0.1) is 0 Å². The number of amides is 1. The molecule has 0 aliphatic rings. The number of ether oxygens (including phenoxy) is 1. The minimum absolute atomic E-state index is 0.141. The number of carbonyl (C=O) groups is 2. The number of nitrogens with one attached hydrogen (secondary N) is 1. The predicted molar refractivity (Wildman–Crippen MR) is 85.0 cm³/mol. The molecular formula is C18H17NO3. The first-order chi connectivity index (χ1) is 10.6. The first-order valence-electron chi connectivity index (χ1n) is 6.84. The Hall–Kier alpha value is -2.88. The molecule has 0 unspecified atom stereocenters. The smallest absolute Gasteiger partial charge is 0.354 e. The molecule has 0 saturated carbocycles. The lowest BCUT2D eigenvalue weighted by Crippen LogP contribution is -2.29. The molecule has 4 heteroatoms. The Balaban J connectivity index is 2.35. The van der Waals surface area contributed by atoms with E-state index < -0.39 is 5.97 Å². The van der Waals surface area contributed by atoms with E-state index in [2.05, 4.69) is 5.32 Å². The second kappa shape index (κ2) is 7.22. The van der Waals surface area contributed by atoms with Gasteiger partial charge in [-0.2, -0.15) is 0 Å². The SMILES string of the molecule is COC(=O)/C(NC(=O)c1ccccc1)=C(\C)c1ccccc1. The molecule has 2 aromatic carbocycles. The fraction of sp³-hybridized carbons (Fsp3) is 0.111. The van der Waals surface area contributed by atoms with Crippen molar-refractivity contribution in [1.82, 2.24) is 5.32 Å². The molecule has 2 aromatic rings. The van der Waals surface area contributed by atoms with E-state index in [1.165, 1.54) is 7.11 Å². The Kier molecular flexibility index (Phi) is 5.09. The van der Waals surface area contributed by atoms with E-state index >= 15 is 0 Å². The van der Waals surface area contributed by atoms with Crippen LogP contribution in [0.15, 0.2) is 66.4 Å². The van der Waals surface area contributed by atoms with E-state index in [4.69, 9.17) is 4.74 Å². The highest BCUT2D eigenvalue weighted by Crippen LogP contribution is 2.17. The van der Waals surface area contributed by atoms with Gasteiger partial charge in [-0.3, -0.25) is 4.79 Å². The normalized spacial score (nSPS) is 11.4. The summed E-state index contributed by atoms with van der Waals surface area (Å²) in [6.07, 6.45) is 0. The van der Waals surface area contributed by atoms with E-state index in [-0.39, 0.29) is 11.6 Å². The first kappa shape index (κ1) is 15.5. The van der Waals surface area contributed by atoms with Gasteiger partial charge in [0.1, 0.15) is 5.70 Å². The molecule has 1 amide bonds. The largest absolute Gasteiger partial charge is 0.464 e. The Morgan fingerprint density at radius 2 is 1.36 bits per heavy atom. The second-order valence-electron chi connectivity index (χ2n) is 4.68. The van der Waals surface area contributed by atoms with Crippen LogP contribution in [0.25, 0.3) is 5.57 Å². The molecule has 22 heavy (non-hydrogen) atoms. The molecule has 4 nitrogen and oxygen atoms in total. The van der Waals surface area contributed by atoms with Gasteiger partial charge < -0.3 is 10.1 Å². The molecule has 1 N–H and O–H groups in total. The van der Waals surface area contributed by atoms with Crippen LogP contribution in [0.2, 0.25) is 0 Å². The lowest BCUT2D eigenvalue weighted by molar-refractivity contribution is -0.136. The molecule has 0 heterocycles. The zero-order valence-electron chi connectivity index (χ0n) is 12.5. The summed E-state index contributed by atoms with van der Waals surface area (Å²) in [7, 11) is 1.29. The first-order valence-corrected chi connectivity index (χ1v) is 6.84. The quantitative estimate of drug-likeness (QED) is 0.697. The molecule has 0 atom stereocenters. The van der Waals surface area contributed by atoms with Crippen LogP contribution in [0.5, 0.6) is 0 Å². The van der Waals surface area contributed by atoms with Crippen molar-refractivity contribution < 1.29 is 14.3 Å². The standard InChI is InChI=1S/C18H17NO3/c1-13(14-9-5-3-6-10-14)16(18(21)22-2)19-17(20)15-11-7-4-8-12-15/h3-12H,1-2H3,(H,19,20)/b16-13-. The zero-order chi connectivity index (χ0) is 15.9. The van der Waals surface area contributed by atoms with Crippen LogP contribution >= 0.6 is 0 Å². The monoisotopic (exact) mass is 295 g/mol. The molecule has 0 bridgehead atoms. The lowest BCUT2D eigenvalue weighted by Gasteiger charge is -2.12. The van der Waals surface area contributed by atoms with Crippen LogP contribution in [0.4, 0.5) is 0 Å². The topological polar surface area (TPSA) is 55.4 Å². The van der Waals surface area contributed by atoms with Gasteiger partial charge in [-0.05, 0) is 30.2 Å². The number of methoxy groups -OCH3 is 1. The van der Waals surface area contributed by atoms with Crippen LogP contribution in [0.3, 0.4) is 0 Å². The number of esters is 1. The van der Waals surface area contributed by atoms with Gasteiger partial charge in [0, 0.05) is 5.56 Å². The fourth-order valence-electron chi connectivity index (χ4n) is 2.01. The van der Waals surface area contributed by atoms with E-state index in [9.17, 15) is 9.59 Å².